The van der Waals surface area contributed by atoms with Crippen LogP contribution in [0.25, 0.3) is 0 Å². The van der Waals surface area contributed by atoms with Crippen molar-refractivity contribution in [2.24, 2.45) is 5.92 Å². The van der Waals surface area contributed by atoms with Crippen molar-refractivity contribution in [3.05, 3.63) is 11.9 Å². The topological polar surface area (TPSA) is 51.0 Å². The van der Waals surface area contributed by atoms with Gasteiger partial charge in [-0.3, -0.25) is 4.79 Å². The van der Waals surface area contributed by atoms with Crippen LogP contribution in [0.15, 0.2) is 6.20 Å². The third-order valence-electron chi connectivity index (χ3n) is 5.60. The van der Waals surface area contributed by atoms with Crippen LogP contribution >= 0.6 is 0 Å². The molecule has 1 aromatic heterocycles. The van der Waals surface area contributed by atoms with Crippen LogP contribution in [0.3, 0.4) is 0 Å². The highest BCUT2D eigenvalue weighted by atomic mass is 16.2. The van der Waals surface area contributed by atoms with Crippen molar-refractivity contribution in [2.45, 2.75) is 69.7 Å². The Morgan fingerprint density at radius 3 is 2.73 bits per heavy atom. The molecule has 1 saturated heterocycles. The van der Waals surface area contributed by atoms with Crippen LogP contribution in [0.4, 0.5) is 0 Å². The summed E-state index contributed by atoms with van der Waals surface area (Å²) in [6.45, 7) is 1.70. The Morgan fingerprint density at radius 2 is 1.95 bits per heavy atom. The van der Waals surface area contributed by atoms with E-state index in [1.807, 2.05) is 4.68 Å². The molecule has 5 heteroatoms. The number of hydrogen-bond donors (Lipinski definition) is 0. The second-order valence-electron chi connectivity index (χ2n) is 7.39. The summed E-state index contributed by atoms with van der Waals surface area (Å²) < 4.78 is 2.00. The van der Waals surface area contributed by atoms with Crippen LogP contribution in [0.5, 0.6) is 0 Å². The molecular formula is C17H26N4O. The van der Waals surface area contributed by atoms with E-state index in [0.717, 1.165) is 31.6 Å². The summed E-state index contributed by atoms with van der Waals surface area (Å²) in [7, 11) is 0. The Labute approximate surface area is 132 Å². The maximum atomic E-state index is 12.5. The Hall–Kier alpha value is -1.39. The van der Waals surface area contributed by atoms with Gasteiger partial charge in [-0.2, -0.15) is 0 Å². The third-order valence-corrected chi connectivity index (χ3v) is 5.60. The molecule has 3 fully saturated rings. The SMILES string of the molecule is O=C(CC1CCCCC1)N1CCC(n2cc(C3CC3)nn2)C1. The third kappa shape index (κ3) is 3.03. The maximum absolute atomic E-state index is 12.5. The fourth-order valence-electron chi connectivity index (χ4n) is 3.99. The average Bonchev–Trinajstić information content (AvgIpc) is 3.08. The van der Waals surface area contributed by atoms with E-state index in [9.17, 15) is 4.79 Å². The number of carbonyl (C=O) groups is 1. The minimum atomic E-state index is 0.329. The number of likely N-dealkylation sites (tertiary alicyclic amines) is 1. The second-order valence-corrected chi connectivity index (χ2v) is 7.39. The molecule has 3 aliphatic rings. The molecule has 0 radical (unpaired) electrons. The summed E-state index contributed by atoms with van der Waals surface area (Å²) >= 11 is 0. The van der Waals surface area contributed by atoms with Gasteiger partial charge in [0.15, 0.2) is 0 Å². The summed E-state index contributed by atoms with van der Waals surface area (Å²) in [6, 6.07) is 0.329. The number of nitrogens with zero attached hydrogens (tertiary/aromatic N) is 4. The molecule has 1 amide bonds. The molecule has 0 N–H and O–H groups in total. The lowest BCUT2D eigenvalue weighted by Crippen LogP contribution is -2.31. The van der Waals surface area contributed by atoms with Gasteiger partial charge in [-0.15, -0.1) is 5.10 Å². The van der Waals surface area contributed by atoms with Crippen molar-refractivity contribution in [1.29, 1.82) is 0 Å². The van der Waals surface area contributed by atoms with Gasteiger partial charge < -0.3 is 4.90 Å². The van der Waals surface area contributed by atoms with Crippen LogP contribution < -0.4 is 0 Å². The van der Waals surface area contributed by atoms with Crippen molar-refractivity contribution in [3.8, 4) is 0 Å². The van der Waals surface area contributed by atoms with E-state index in [2.05, 4.69) is 21.4 Å². The lowest BCUT2D eigenvalue weighted by molar-refractivity contribution is -0.131. The zero-order chi connectivity index (χ0) is 14.9. The van der Waals surface area contributed by atoms with Gasteiger partial charge in [0.25, 0.3) is 0 Å². The molecule has 5 nitrogen and oxygen atoms in total. The molecule has 2 heterocycles. The van der Waals surface area contributed by atoms with Crippen molar-refractivity contribution in [1.82, 2.24) is 19.9 Å². The first-order chi connectivity index (χ1) is 10.8. The van der Waals surface area contributed by atoms with Gasteiger partial charge in [-0.25, -0.2) is 4.68 Å². The molecule has 120 valence electrons. The fourth-order valence-corrected chi connectivity index (χ4v) is 3.99. The highest BCUT2D eigenvalue weighted by molar-refractivity contribution is 5.76. The Kier molecular flexibility index (Phi) is 3.89. The van der Waals surface area contributed by atoms with E-state index >= 15 is 0 Å². The Bertz CT molecular complexity index is 531. The summed E-state index contributed by atoms with van der Waals surface area (Å²) in [5.41, 5.74) is 1.15. The van der Waals surface area contributed by atoms with Crippen LogP contribution in [0.1, 0.15) is 75.4 Å². The van der Waals surface area contributed by atoms with Crippen LogP contribution in [0.2, 0.25) is 0 Å². The van der Waals surface area contributed by atoms with Crippen molar-refractivity contribution < 1.29 is 4.79 Å². The van der Waals surface area contributed by atoms with Gasteiger partial charge in [-0.05, 0) is 38.0 Å². The molecular weight excluding hydrogens is 276 g/mol. The van der Waals surface area contributed by atoms with Gasteiger partial charge in [0.2, 0.25) is 5.91 Å². The number of aromatic nitrogens is 3. The van der Waals surface area contributed by atoms with Gasteiger partial charge in [0.1, 0.15) is 0 Å². The molecule has 0 aromatic carbocycles. The first kappa shape index (κ1) is 14.2. The van der Waals surface area contributed by atoms with Gasteiger partial charge in [0, 0.05) is 31.6 Å². The zero-order valence-corrected chi connectivity index (χ0v) is 13.3. The number of rotatable bonds is 4. The van der Waals surface area contributed by atoms with Crippen molar-refractivity contribution in [3.63, 3.8) is 0 Å². The van der Waals surface area contributed by atoms with E-state index in [4.69, 9.17) is 0 Å². The average molecular weight is 302 g/mol. The van der Waals surface area contributed by atoms with Gasteiger partial charge in [-0.1, -0.05) is 24.5 Å². The minimum Gasteiger partial charge on any atom is -0.340 e. The summed E-state index contributed by atoms with van der Waals surface area (Å²) in [5.74, 6) is 1.64. The molecule has 22 heavy (non-hydrogen) atoms. The standard InChI is InChI=1S/C17H26N4O/c22-17(10-13-4-2-1-3-5-13)20-9-8-15(11-20)21-12-16(18-19-21)14-6-7-14/h12-15H,1-11H2. The summed E-state index contributed by atoms with van der Waals surface area (Å²) in [6.07, 6.45) is 12.9. The Morgan fingerprint density at radius 1 is 1.14 bits per heavy atom. The quantitative estimate of drug-likeness (QED) is 0.859. The highest BCUT2D eigenvalue weighted by Crippen LogP contribution is 2.39. The molecule has 2 aliphatic carbocycles. The number of hydrogen-bond acceptors (Lipinski definition) is 3. The fraction of sp³-hybridized carbons (Fsp3) is 0.824. The van der Waals surface area contributed by atoms with Crippen molar-refractivity contribution in [2.75, 3.05) is 13.1 Å². The monoisotopic (exact) mass is 302 g/mol. The van der Waals surface area contributed by atoms with Gasteiger partial charge >= 0.3 is 0 Å². The first-order valence-corrected chi connectivity index (χ1v) is 8.99. The molecule has 2 saturated carbocycles. The maximum Gasteiger partial charge on any atom is 0.222 e. The lowest BCUT2D eigenvalue weighted by atomic mass is 9.87. The molecule has 4 rings (SSSR count). The molecule has 1 unspecified atom stereocenters. The predicted molar refractivity (Wildman–Crippen MR) is 83.4 cm³/mol. The van der Waals surface area contributed by atoms with E-state index in [1.165, 1.54) is 44.9 Å². The normalized spacial score (nSPS) is 26.5. The molecule has 0 spiro atoms. The largest absolute Gasteiger partial charge is 0.340 e. The molecule has 1 aromatic rings. The smallest absolute Gasteiger partial charge is 0.222 e. The van der Waals surface area contributed by atoms with Crippen molar-refractivity contribution >= 4 is 5.91 Å². The van der Waals surface area contributed by atoms with E-state index in [1.54, 1.807) is 0 Å². The minimum absolute atomic E-state index is 0.329. The van der Waals surface area contributed by atoms with Crippen LogP contribution in [0, 0.1) is 5.92 Å². The van der Waals surface area contributed by atoms with E-state index < -0.39 is 0 Å². The van der Waals surface area contributed by atoms with Crippen LogP contribution in [-0.4, -0.2) is 38.9 Å². The van der Waals surface area contributed by atoms with E-state index in [0.29, 0.717) is 23.8 Å². The summed E-state index contributed by atoms with van der Waals surface area (Å²) in [4.78, 5) is 14.5. The summed E-state index contributed by atoms with van der Waals surface area (Å²) in [5, 5.41) is 8.59. The highest BCUT2D eigenvalue weighted by Gasteiger charge is 2.31. The molecule has 1 atom stereocenters. The second kappa shape index (κ2) is 6.01. The number of carbonyl (C=O) groups excluding carboxylic acids is 1. The molecule has 1 aliphatic heterocycles. The Balaban J connectivity index is 1.31. The molecule has 0 bridgehead atoms. The van der Waals surface area contributed by atoms with E-state index in [-0.39, 0.29) is 0 Å². The predicted octanol–water partition coefficient (Wildman–Crippen LogP) is 2.90. The first-order valence-electron chi connectivity index (χ1n) is 8.99. The lowest BCUT2D eigenvalue weighted by Gasteiger charge is -2.24. The zero-order valence-electron chi connectivity index (χ0n) is 13.3. The number of amides is 1. The van der Waals surface area contributed by atoms with Crippen LogP contribution in [-0.2, 0) is 4.79 Å². The van der Waals surface area contributed by atoms with Gasteiger partial charge in [0.05, 0.1) is 11.7 Å².